The van der Waals surface area contributed by atoms with Crippen molar-refractivity contribution in [2.45, 2.75) is 63.5 Å². The van der Waals surface area contributed by atoms with E-state index in [9.17, 15) is 14.4 Å². The zero-order valence-corrected chi connectivity index (χ0v) is 21.9. The Hall–Kier alpha value is -3.19. The standard InChI is InChI=1S/C30H38N4O3/c1-30(2)24-12-6-7-13-26(24)34(29(30)37)23-14-17-33(18-15-23)28(36)25(19-21-9-4-3-5-10-21)32-27(35)22-11-8-16-31-20-22/h3-7,9-10,12-13,22-23,25,31H,8,11,14-20H2,1-2H3,(H,32,35)/t22-,25+/m0/s1. The zero-order valence-electron chi connectivity index (χ0n) is 21.9. The number of nitrogens with one attached hydrogen (secondary N) is 2. The molecule has 2 atom stereocenters. The summed E-state index contributed by atoms with van der Waals surface area (Å²) in [5.74, 6) is -0.0466. The smallest absolute Gasteiger partial charge is 0.245 e. The van der Waals surface area contributed by atoms with E-state index in [-0.39, 0.29) is 29.7 Å². The summed E-state index contributed by atoms with van der Waals surface area (Å²) in [5.41, 5.74) is 2.56. The van der Waals surface area contributed by atoms with Crippen LogP contribution in [0.1, 0.15) is 50.7 Å². The Balaban J connectivity index is 1.27. The van der Waals surface area contributed by atoms with Crippen LogP contribution >= 0.6 is 0 Å². The largest absolute Gasteiger partial charge is 0.344 e. The summed E-state index contributed by atoms with van der Waals surface area (Å²) in [4.78, 5) is 44.0. The molecule has 3 heterocycles. The number of benzene rings is 2. The number of hydrogen-bond acceptors (Lipinski definition) is 4. The van der Waals surface area contributed by atoms with Crippen LogP contribution in [0.25, 0.3) is 0 Å². The van der Waals surface area contributed by atoms with E-state index < -0.39 is 11.5 Å². The number of para-hydroxylation sites is 1. The molecule has 2 saturated heterocycles. The van der Waals surface area contributed by atoms with Gasteiger partial charge in [-0.2, -0.15) is 0 Å². The van der Waals surface area contributed by atoms with Crippen molar-refractivity contribution in [3.05, 3.63) is 65.7 Å². The third kappa shape index (κ3) is 5.14. The lowest BCUT2D eigenvalue weighted by molar-refractivity contribution is -0.138. The van der Waals surface area contributed by atoms with Crippen LogP contribution in [0, 0.1) is 5.92 Å². The second kappa shape index (κ2) is 10.7. The molecule has 0 aromatic heterocycles. The molecule has 2 aromatic rings. The number of rotatable bonds is 6. The highest BCUT2D eigenvalue weighted by Crippen LogP contribution is 2.43. The van der Waals surface area contributed by atoms with Crippen LogP contribution in [0.15, 0.2) is 54.6 Å². The predicted molar refractivity (Wildman–Crippen MR) is 144 cm³/mol. The molecule has 0 aliphatic carbocycles. The van der Waals surface area contributed by atoms with Gasteiger partial charge in [-0.05, 0) is 63.3 Å². The molecule has 7 heteroatoms. The summed E-state index contributed by atoms with van der Waals surface area (Å²) in [6.07, 6.45) is 3.73. The van der Waals surface area contributed by atoms with E-state index in [0.29, 0.717) is 26.1 Å². The first kappa shape index (κ1) is 25.5. The molecular formula is C30H38N4O3. The number of hydrogen-bond donors (Lipinski definition) is 2. The van der Waals surface area contributed by atoms with Gasteiger partial charge in [0.15, 0.2) is 0 Å². The van der Waals surface area contributed by atoms with E-state index in [1.165, 1.54) is 0 Å². The minimum Gasteiger partial charge on any atom is -0.344 e. The van der Waals surface area contributed by atoms with Gasteiger partial charge >= 0.3 is 0 Å². The maximum Gasteiger partial charge on any atom is 0.245 e. The normalized spacial score (nSPS) is 22.4. The van der Waals surface area contributed by atoms with Crippen molar-refractivity contribution in [1.29, 1.82) is 0 Å². The van der Waals surface area contributed by atoms with Crippen molar-refractivity contribution in [1.82, 2.24) is 15.5 Å². The highest BCUT2D eigenvalue weighted by atomic mass is 16.2. The first-order chi connectivity index (χ1) is 17.9. The number of likely N-dealkylation sites (tertiary alicyclic amines) is 1. The number of nitrogens with zero attached hydrogens (tertiary/aromatic N) is 2. The van der Waals surface area contributed by atoms with Gasteiger partial charge in [0.2, 0.25) is 17.7 Å². The second-order valence-electron chi connectivity index (χ2n) is 11.2. The number of fused-ring (bicyclic) bond motifs is 1. The van der Waals surface area contributed by atoms with Crippen LogP contribution in [0.2, 0.25) is 0 Å². The molecule has 3 aliphatic heterocycles. The van der Waals surface area contributed by atoms with Gasteiger partial charge in [0, 0.05) is 37.8 Å². The highest BCUT2D eigenvalue weighted by Gasteiger charge is 2.47. The summed E-state index contributed by atoms with van der Waals surface area (Å²) >= 11 is 0. The molecule has 0 saturated carbocycles. The minimum atomic E-state index is -0.596. The van der Waals surface area contributed by atoms with Crippen LogP contribution in [-0.2, 0) is 26.2 Å². The minimum absolute atomic E-state index is 0.0344. The van der Waals surface area contributed by atoms with E-state index in [2.05, 4.69) is 10.6 Å². The summed E-state index contributed by atoms with van der Waals surface area (Å²) in [6.45, 7) is 6.72. The van der Waals surface area contributed by atoms with Crippen LogP contribution < -0.4 is 15.5 Å². The fourth-order valence-corrected chi connectivity index (χ4v) is 6.08. The topological polar surface area (TPSA) is 81.8 Å². The SMILES string of the molecule is CC1(C)C(=O)N(C2CCN(C(=O)[C@@H](Cc3ccccc3)NC(=O)[C@H]3CCCNC3)CC2)c2ccccc21. The lowest BCUT2D eigenvalue weighted by Gasteiger charge is -2.39. The third-order valence-corrected chi connectivity index (χ3v) is 8.30. The van der Waals surface area contributed by atoms with Gasteiger partial charge in [0.25, 0.3) is 0 Å². The zero-order chi connectivity index (χ0) is 26.0. The molecule has 0 radical (unpaired) electrons. The molecule has 2 fully saturated rings. The van der Waals surface area contributed by atoms with Gasteiger partial charge in [-0.1, -0.05) is 48.5 Å². The van der Waals surface area contributed by atoms with Crippen molar-refractivity contribution >= 4 is 23.4 Å². The van der Waals surface area contributed by atoms with Gasteiger partial charge in [-0.25, -0.2) is 0 Å². The van der Waals surface area contributed by atoms with E-state index in [0.717, 1.165) is 49.0 Å². The summed E-state index contributed by atoms with van der Waals surface area (Å²) < 4.78 is 0. The molecule has 5 rings (SSSR count). The Morgan fingerprint density at radius 1 is 1.03 bits per heavy atom. The number of carbonyl (C=O) groups is 3. The Labute approximate surface area is 219 Å². The number of piperidine rings is 2. The monoisotopic (exact) mass is 502 g/mol. The summed E-state index contributed by atoms with van der Waals surface area (Å²) in [6, 6.07) is 17.4. The Bertz CT molecular complexity index is 1130. The molecule has 0 spiro atoms. The van der Waals surface area contributed by atoms with Gasteiger partial charge in [0.05, 0.1) is 11.3 Å². The molecular weight excluding hydrogens is 464 g/mol. The quantitative estimate of drug-likeness (QED) is 0.636. The molecule has 3 aliphatic rings. The van der Waals surface area contributed by atoms with E-state index in [4.69, 9.17) is 0 Å². The van der Waals surface area contributed by atoms with Crippen molar-refractivity contribution in [3.63, 3.8) is 0 Å². The van der Waals surface area contributed by atoms with E-state index >= 15 is 0 Å². The predicted octanol–water partition coefficient (Wildman–Crippen LogP) is 3.03. The van der Waals surface area contributed by atoms with Gasteiger partial charge in [-0.3, -0.25) is 14.4 Å². The van der Waals surface area contributed by atoms with E-state index in [1.807, 2.05) is 78.2 Å². The fourth-order valence-electron chi connectivity index (χ4n) is 6.08. The van der Waals surface area contributed by atoms with Crippen molar-refractivity contribution < 1.29 is 14.4 Å². The third-order valence-electron chi connectivity index (χ3n) is 8.30. The summed E-state index contributed by atoms with van der Waals surface area (Å²) in [5, 5.41) is 6.39. The first-order valence-corrected chi connectivity index (χ1v) is 13.6. The Morgan fingerprint density at radius 2 is 1.73 bits per heavy atom. The number of carbonyl (C=O) groups excluding carboxylic acids is 3. The molecule has 37 heavy (non-hydrogen) atoms. The van der Waals surface area contributed by atoms with Crippen molar-refractivity contribution in [3.8, 4) is 0 Å². The number of anilines is 1. The lowest BCUT2D eigenvalue weighted by atomic mass is 9.86. The van der Waals surface area contributed by atoms with Crippen LogP contribution in [-0.4, -0.2) is 60.9 Å². The van der Waals surface area contributed by atoms with Crippen molar-refractivity contribution in [2.75, 3.05) is 31.1 Å². The fraction of sp³-hybridized carbons (Fsp3) is 0.500. The molecule has 0 unspecified atom stereocenters. The van der Waals surface area contributed by atoms with E-state index in [1.54, 1.807) is 0 Å². The van der Waals surface area contributed by atoms with Crippen LogP contribution in [0.3, 0.4) is 0 Å². The maximum absolute atomic E-state index is 13.7. The average molecular weight is 503 g/mol. The molecule has 0 bridgehead atoms. The average Bonchev–Trinajstić information content (AvgIpc) is 3.14. The Kier molecular flexibility index (Phi) is 7.33. The molecule has 3 amide bonds. The molecule has 2 aromatic carbocycles. The van der Waals surface area contributed by atoms with Gasteiger partial charge in [-0.15, -0.1) is 0 Å². The number of amides is 3. The Morgan fingerprint density at radius 3 is 2.43 bits per heavy atom. The molecule has 7 nitrogen and oxygen atoms in total. The van der Waals surface area contributed by atoms with Gasteiger partial charge in [0.1, 0.15) is 6.04 Å². The molecule has 196 valence electrons. The maximum atomic E-state index is 13.7. The first-order valence-electron chi connectivity index (χ1n) is 13.6. The lowest BCUT2D eigenvalue weighted by Crippen LogP contribution is -2.56. The molecule has 2 N–H and O–H groups in total. The van der Waals surface area contributed by atoms with Crippen LogP contribution in [0.4, 0.5) is 5.69 Å². The van der Waals surface area contributed by atoms with Gasteiger partial charge < -0.3 is 20.4 Å². The highest BCUT2D eigenvalue weighted by molar-refractivity contribution is 6.08. The summed E-state index contributed by atoms with van der Waals surface area (Å²) in [7, 11) is 0. The van der Waals surface area contributed by atoms with Crippen molar-refractivity contribution in [2.24, 2.45) is 5.92 Å². The second-order valence-corrected chi connectivity index (χ2v) is 11.2. The van der Waals surface area contributed by atoms with Crippen LogP contribution in [0.5, 0.6) is 0 Å².